The topological polar surface area (TPSA) is 61.2 Å². The predicted molar refractivity (Wildman–Crippen MR) is 43.2 cm³/mol. The van der Waals surface area contributed by atoms with Crippen LogP contribution in [0.2, 0.25) is 0 Å². The molecule has 4 heteroatoms. The molecule has 0 radical (unpaired) electrons. The summed E-state index contributed by atoms with van der Waals surface area (Å²) >= 11 is 0. The fraction of sp³-hybridized carbons (Fsp3) is 0.625. The Labute approximate surface area is 71.8 Å². The van der Waals surface area contributed by atoms with E-state index in [4.69, 9.17) is 5.26 Å². The molecule has 0 saturated heterocycles. The van der Waals surface area contributed by atoms with Gasteiger partial charge in [0, 0.05) is 13.6 Å². The number of hydrogen-bond donors (Lipinski definition) is 0. The molecule has 4 nitrogen and oxygen atoms in total. The van der Waals surface area contributed by atoms with Gasteiger partial charge in [0.15, 0.2) is 0 Å². The first-order valence-electron chi connectivity index (χ1n) is 3.68. The molecule has 0 aromatic heterocycles. The van der Waals surface area contributed by atoms with Crippen molar-refractivity contribution in [2.24, 2.45) is 0 Å². The molecule has 0 N–H and O–H groups in total. The highest BCUT2D eigenvalue weighted by Gasteiger charge is 2.09. The molecule has 0 unspecified atom stereocenters. The molecule has 0 aromatic carbocycles. The van der Waals surface area contributed by atoms with Crippen LogP contribution >= 0.6 is 0 Å². The van der Waals surface area contributed by atoms with E-state index >= 15 is 0 Å². The highest BCUT2D eigenvalue weighted by atomic mass is 16.2. The second kappa shape index (κ2) is 5.30. The van der Waals surface area contributed by atoms with Crippen molar-refractivity contribution >= 4 is 11.7 Å². The number of rotatable bonds is 4. The molecule has 12 heavy (non-hydrogen) atoms. The molecule has 0 saturated carbocycles. The molecule has 0 heterocycles. The van der Waals surface area contributed by atoms with Crippen LogP contribution < -0.4 is 0 Å². The number of hydrogen-bond acceptors (Lipinski definition) is 3. The van der Waals surface area contributed by atoms with Gasteiger partial charge in [0.05, 0.1) is 18.9 Å². The van der Waals surface area contributed by atoms with E-state index in [1.54, 1.807) is 7.05 Å². The summed E-state index contributed by atoms with van der Waals surface area (Å²) in [6.07, 6.45) is 0.238. The van der Waals surface area contributed by atoms with E-state index in [1.165, 1.54) is 11.8 Å². The summed E-state index contributed by atoms with van der Waals surface area (Å²) in [5, 5.41) is 8.22. The minimum atomic E-state index is -0.224. The van der Waals surface area contributed by atoms with E-state index < -0.39 is 0 Å². The van der Waals surface area contributed by atoms with Gasteiger partial charge < -0.3 is 4.90 Å². The van der Waals surface area contributed by atoms with Crippen LogP contribution in [0, 0.1) is 11.3 Å². The van der Waals surface area contributed by atoms with E-state index in [9.17, 15) is 9.59 Å². The van der Waals surface area contributed by atoms with Gasteiger partial charge in [-0.25, -0.2) is 0 Å². The Bertz CT molecular complexity index is 218. The van der Waals surface area contributed by atoms with Crippen LogP contribution in [0.25, 0.3) is 0 Å². The van der Waals surface area contributed by atoms with Gasteiger partial charge in [0.1, 0.15) is 5.78 Å². The van der Waals surface area contributed by atoms with E-state index in [2.05, 4.69) is 0 Å². The number of nitrogens with zero attached hydrogens (tertiary/aromatic N) is 2. The molecule has 0 aliphatic rings. The van der Waals surface area contributed by atoms with Gasteiger partial charge in [-0.05, 0) is 6.92 Å². The van der Waals surface area contributed by atoms with E-state index in [-0.39, 0.29) is 18.1 Å². The minimum absolute atomic E-state index is 0.0675. The van der Waals surface area contributed by atoms with Crippen LogP contribution in [0.1, 0.15) is 19.8 Å². The van der Waals surface area contributed by atoms with Crippen molar-refractivity contribution in [1.29, 1.82) is 5.26 Å². The summed E-state index contributed by atoms with van der Waals surface area (Å²) in [6.45, 7) is 1.76. The van der Waals surface area contributed by atoms with Crippen molar-refractivity contribution in [2.75, 3.05) is 13.6 Å². The standard InChI is InChI=1S/C8H12N2O2/c1-7(11)6-8(12)10(2)5-3-4-9/h3,5-6H2,1-2H3. The number of amides is 1. The van der Waals surface area contributed by atoms with Crippen molar-refractivity contribution in [1.82, 2.24) is 4.90 Å². The predicted octanol–water partition coefficient (Wildman–Crippen LogP) is 0.338. The molecule has 0 bridgehead atoms. The fourth-order valence-corrected chi connectivity index (χ4v) is 0.690. The van der Waals surface area contributed by atoms with Gasteiger partial charge in [0.25, 0.3) is 0 Å². The Morgan fingerprint density at radius 2 is 2.08 bits per heavy atom. The summed E-state index contributed by atoms with van der Waals surface area (Å²) in [5.41, 5.74) is 0. The highest BCUT2D eigenvalue weighted by molar-refractivity contribution is 5.96. The second-order valence-electron chi connectivity index (χ2n) is 2.60. The first-order valence-corrected chi connectivity index (χ1v) is 3.68. The maximum Gasteiger partial charge on any atom is 0.229 e. The molecule has 0 aliphatic heterocycles. The SMILES string of the molecule is CC(=O)CC(=O)N(C)CCC#N. The third-order valence-corrected chi connectivity index (χ3v) is 1.38. The van der Waals surface area contributed by atoms with Crippen LogP contribution in [0.5, 0.6) is 0 Å². The van der Waals surface area contributed by atoms with Crippen molar-refractivity contribution in [2.45, 2.75) is 19.8 Å². The van der Waals surface area contributed by atoms with Gasteiger partial charge in [0.2, 0.25) is 5.91 Å². The first-order chi connectivity index (χ1) is 5.57. The molecule has 0 atom stereocenters. The third kappa shape index (κ3) is 4.45. The zero-order valence-electron chi connectivity index (χ0n) is 7.33. The Balaban J connectivity index is 3.78. The Hall–Kier alpha value is -1.37. The van der Waals surface area contributed by atoms with Crippen LogP contribution in [-0.2, 0) is 9.59 Å². The lowest BCUT2D eigenvalue weighted by Gasteiger charge is -2.13. The Morgan fingerprint density at radius 1 is 1.50 bits per heavy atom. The van der Waals surface area contributed by atoms with Crippen molar-refractivity contribution in [3.05, 3.63) is 0 Å². The lowest BCUT2D eigenvalue weighted by Crippen LogP contribution is -2.28. The number of ketones is 1. The molecule has 0 fully saturated rings. The molecular weight excluding hydrogens is 156 g/mol. The lowest BCUT2D eigenvalue weighted by atomic mass is 10.3. The maximum atomic E-state index is 11.1. The van der Waals surface area contributed by atoms with Crippen LogP contribution in [-0.4, -0.2) is 30.2 Å². The van der Waals surface area contributed by atoms with Crippen LogP contribution in [0.4, 0.5) is 0 Å². The van der Waals surface area contributed by atoms with Gasteiger partial charge >= 0.3 is 0 Å². The highest BCUT2D eigenvalue weighted by Crippen LogP contribution is 1.93. The normalized spacial score (nSPS) is 8.75. The molecule has 0 spiro atoms. The Kier molecular flexibility index (Phi) is 4.70. The average molecular weight is 168 g/mol. The summed E-state index contributed by atoms with van der Waals surface area (Å²) in [6, 6.07) is 1.93. The smallest absolute Gasteiger partial charge is 0.229 e. The second-order valence-corrected chi connectivity index (χ2v) is 2.60. The molecule has 66 valence electrons. The summed E-state index contributed by atoms with van der Waals surface area (Å²) in [4.78, 5) is 23.0. The van der Waals surface area contributed by atoms with E-state index in [0.717, 1.165) is 0 Å². The molecule has 0 rings (SSSR count). The van der Waals surface area contributed by atoms with Crippen molar-refractivity contribution in [3.8, 4) is 6.07 Å². The molecule has 0 aromatic rings. The van der Waals surface area contributed by atoms with Gasteiger partial charge in [-0.1, -0.05) is 0 Å². The number of carbonyl (C=O) groups is 2. The van der Waals surface area contributed by atoms with Crippen molar-refractivity contribution in [3.63, 3.8) is 0 Å². The number of nitriles is 1. The monoisotopic (exact) mass is 168 g/mol. The number of Topliss-reactive ketones (excluding diaryl/α,β-unsaturated/α-hetero) is 1. The average Bonchev–Trinajstić information content (AvgIpc) is 1.98. The minimum Gasteiger partial charge on any atom is -0.344 e. The fourth-order valence-electron chi connectivity index (χ4n) is 0.690. The largest absolute Gasteiger partial charge is 0.344 e. The molecule has 0 aliphatic carbocycles. The van der Waals surface area contributed by atoms with E-state index in [0.29, 0.717) is 13.0 Å². The number of carbonyl (C=O) groups excluding carboxylic acids is 2. The summed E-state index contributed by atoms with van der Waals surface area (Å²) in [7, 11) is 1.59. The zero-order valence-corrected chi connectivity index (χ0v) is 7.33. The quantitative estimate of drug-likeness (QED) is 0.568. The molecular formula is C8H12N2O2. The summed E-state index contributed by atoms with van der Waals surface area (Å²) < 4.78 is 0. The van der Waals surface area contributed by atoms with Gasteiger partial charge in [-0.3, -0.25) is 9.59 Å². The summed E-state index contributed by atoms with van der Waals surface area (Å²) in [5.74, 6) is -0.374. The molecule has 1 amide bonds. The van der Waals surface area contributed by atoms with Gasteiger partial charge in [-0.15, -0.1) is 0 Å². The Morgan fingerprint density at radius 3 is 2.50 bits per heavy atom. The zero-order chi connectivity index (χ0) is 9.56. The van der Waals surface area contributed by atoms with Crippen LogP contribution in [0.3, 0.4) is 0 Å². The van der Waals surface area contributed by atoms with Gasteiger partial charge in [-0.2, -0.15) is 5.26 Å². The van der Waals surface area contributed by atoms with Crippen LogP contribution in [0.15, 0.2) is 0 Å². The maximum absolute atomic E-state index is 11.1. The van der Waals surface area contributed by atoms with Crippen molar-refractivity contribution < 1.29 is 9.59 Å². The lowest BCUT2D eigenvalue weighted by molar-refractivity contribution is -0.133. The van der Waals surface area contributed by atoms with E-state index in [1.807, 2.05) is 6.07 Å². The third-order valence-electron chi connectivity index (χ3n) is 1.38. The first kappa shape index (κ1) is 10.6.